The molecule has 0 aromatic heterocycles. The van der Waals surface area contributed by atoms with Gasteiger partial charge in [-0.15, -0.1) is 0 Å². The zero-order valence-corrected chi connectivity index (χ0v) is 16.5. The third kappa shape index (κ3) is 14.9. The predicted molar refractivity (Wildman–Crippen MR) is 101 cm³/mol. The molecule has 0 fully saturated rings. The number of carboxylic acid groups (broad SMARTS) is 2. The van der Waals surface area contributed by atoms with Crippen molar-refractivity contribution in [1.29, 1.82) is 0 Å². The Hall–Kier alpha value is -0.360. The van der Waals surface area contributed by atoms with E-state index in [-0.39, 0.29) is 23.7 Å². The van der Waals surface area contributed by atoms with Crippen LogP contribution in [0, 0.1) is 10.8 Å². The summed E-state index contributed by atoms with van der Waals surface area (Å²) in [6.07, 6.45) is 3.47. The van der Waals surface area contributed by atoms with Crippen molar-refractivity contribution in [2.75, 3.05) is 23.0 Å². The highest BCUT2D eigenvalue weighted by atomic mass is 32.2. The minimum atomic E-state index is -0.720. The van der Waals surface area contributed by atoms with E-state index < -0.39 is 11.9 Å². The van der Waals surface area contributed by atoms with Crippen molar-refractivity contribution in [1.82, 2.24) is 0 Å². The van der Waals surface area contributed by atoms with Gasteiger partial charge in [0, 0.05) is 0 Å². The summed E-state index contributed by atoms with van der Waals surface area (Å²) in [7, 11) is 0. The Morgan fingerprint density at radius 3 is 1.39 bits per heavy atom. The van der Waals surface area contributed by atoms with Gasteiger partial charge in [-0.05, 0) is 53.1 Å². The molecule has 4 nitrogen and oxygen atoms in total. The molecule has 0 rings (SSSR count). The second kappa shape index (κ2) is 11.2. The molecule has 6 heteroatoms. The van der Waals surface area contributed by atoms with Crippen LogP contribution in [0.25, 0.3) is 0 Å². The van der Waals surface area contributed by atoms with Crippen LogP contribution in [0.5, 0.6) is 0 Å². The lowest BCUT2D eigenvalue weighted by Crippen LogP contribution is -2.17. The number of hydrogen-bond acceptors (Lipinski definition) is 4. The van der Waals surface area contributed by atoms with Gasteiger partial charge in [0.25, 0.3) is 0 Å². The van der Waals surface area contributed by atoms with E-state index >= 15 is 0 Å². The molecule has 0 aliphatic heterocycles. The van der Waals surface area contributed by atoms with Crippen molar-refractivity contribution in [3.63, 3.8) is 0 Å². The molecule has 0 bridgehead atoms. The van der Waals surface area contributed by atoms with Crippen LogP contribution < -0.4 is 0 Å². The Balaban J connectivity index is 3.53. The van der Waals surface area contributed by atoms with Crippen molar-refractivity contribution in [2.24, 2.45) is 10.8 Å². The van der Waals surface area contributed by atoms with Crippen molar-refractivity contribution in [3.8, 4) is 0 Å². The van der Waals surface area contributed by atoms with E-state index in [1.807, 2.05) is 51.2 Å². The summed E-state index contributed by atoms with van der Waals surface area (Å²) in [6.45, 7) is 8.04. The second-order valence-electron chi connectivity index (χ2n) is 7.55. The van der Waals surface area contributed by atoms with Gasteiger partial charge in [-0.3, -0.25) is 9.59 Å². The van der Waals surface area contributed by atoms with Crippen LogP contribution >= 0.6 is 23.5 Å². The topological polar surface area (TPSA) is 74.6 Å². The van der Waals surface area contributed by atoms with Crippen molar-refractivity contribution in [3.05, 3.63) is 0 Å². The molecule has 0 heterocycles. The van der Waals surface area contributed by atoms with E-state index in [4.69, 9.17) is 10.2 Å². The first-order valence-electron chi connectivity index (χ1n) is 8.13. The number of aliphatic carboxylic acids is 2. The highest BCUT2D eigenvalue weighted by Crippen LogP contribution is 2.28. The van der Waals surface area contributed by atoms with Gasteiger partial charge in [0.1, 0.15) is 0 Å². The fourth-order valence-electron chi connectivity index (χ4n) is 2.16. The Bertz CT molecular complexity index is 334. The van der Waals surface area contributed by atoms with Crippen molar-refractivity contribution in [2.45, 2.75) is 59.8 Å². The summed E-state index contributed by atoms with van der Waals surface area (Å²) in [5.41, 5.74) is -0.243. The van der Waals surface area contributed by atoms with Gasteiger partial charge in [-0.1, -0.05) is 27.7 Å². The van der Waals surface area contributed by atoms with Gasteiger partial charge in [-0.2, -0.15) is 23.5 Å². The molecule has 23 heavy (non-hydrogen) atoms. The molecule has 0 atom stereocenters. The Morgan fingerprint density at radius 1 is 0.739 bits per heavy atom. The van der Waals surface area contributed by atoms with Gasteiger partial charge in [0.15, 0.2) is 0 Å². The maximum Gasteiger partial charge on any atom is 0.303 e. The Morgan fingerprint density at radius 2 is 1.09 bits per heavy atom. The summed E-state index contributed by atoms with van der Waals surface area (Å²) < 4.78 is 0. The van der Waals surface area contributed by atoms with Gasteiger partial charge in [0.05, 0.1) is 12.8 Å². The number of rotatable bonds is 14. The summed E-state index contributed by atoms with van der Waals surface area (Å²) in [5, 5.41) is 17.7. The predicted octanol–water partition coefficient (Wildman–Crippen LogP) is 4.62. The van der Waals surface area contributed by atoms with Crippen LogP contribution in [-0.4, -0.2) is 45.2 Å². The summed E-state index contributed by atoms with van der Waals surface area (Å²) in [5.74, 6) is 2.79. The van der Waals surface area contributed by atoms with Crippen molar-refractivity contribution >= 4 is 35.5 Å². The van der Waals surface area contributed by atoms with E-state index in [1.165, 1.54) is 0 Å². The van der Waals surface area contributed by atoms with Gasteiger partial charge in [-0.25, -0.2) is 0 Å². The van der Waals surface area contributed by atoms with Crippen LogP contribution in [0.1, 0.15) is 59.8 Å². The summed E-state index contributed by atoms with van der Waals surface area (Å²) in [6, 6.07) is 0. The molecule has 0 saturated carbocycles. The normalized spacial score (nSPS) is 12.3. The van der Waals surface area contributed by atoms with Crippen molar-refractivity contribution < 1.29 is 19.8 Å². The van der Waals surface area contributed by atoms with E-state index in [9.17, 15) is 9.59 Å². The first-order valence-corrected chi connectivity index (χ1v) is 10.4. The van der Waals surface area contributed by atoms with Gasteiger partial charge < -0.3 is 10.2 Å². The number of carboxylic acids is 2. The average molecular weight is 365 g/mol. The minimum absolute atomic E-state index is 0.122. The standard InChI is InChI=1S/C17H32O4S2/c1-16(2,12-14(18)19)6-10-22-8-5-9-23-11-7-17(3,4)13-15(20)21/h5-13H2,1-4H3,(H,18,19)(H,20,21). The molecule has 2 N–H and O–H groups in total. The van der Waals surface area contributed by atoms with E-state index in [0.29, 0.717) is 0 Å². The molecule has 0 radical (unpaired) electrons. The molecule has 0 aliphatic rings. The largest absolute Gasteiger partial charge is 0.481 e. The third-order valence-electron chi connectivity index (χ3n) is 3.68. The smallest absolute Gasteiger partial charge is 0.303 e. The first kappa shape index (κ1) is 22.6. The molecule has 0 saturated heterocycles. The SMILES string of the molecule is CC(C)(CCSCCCSCCC(C)(C)CC(=O)O)CC(=O)O. The molecular formula is C17H32O4S2. The molecule has 0 aromatic carbocycles. The zero-order valence-electron chi connectivity index (χ0n) is 14.9. The Kier molecular flexibility index (Phi) is 11.1. The molecule has 0 unspecified atom stereocenters. The van der Waals surface area contributed by atoms with Crippen LogP contribution in [0.3, 0.4) is 0 Å². The van der Waals surface area contributed by atoms with Crippen LogP contribution in [0.2, 0.25) is 0 Å². The molecule has 0 spiro atoms. The lowest BCUT2D eigenvalue weighted by Gasteiger charge is -2.22. The van der Waals surface area contributed by atoms with E-state index in [0.717, 1.165) is 42.3 Å². The highest BCUT2D eigenvalue weighted by molar-refractivity contribution is 8.00. The molecular weight excluding hydrogens is 332 g/mol. The average Bonchev–Trinajstić information content (AvgIpc) is 2.33. The number of hydrogen-bond donors (Lipinski definition) is 2. The minimum Gasteiger partial charge on any atom is -0.481 e. The summed E-state index contributed by atoms with van der Waals surface area (Å²) in [4.78, 5) is 21.5. The molecule has 0 aromatic rings. The van der Waals surface area contributed by atoms with Gasteiger partial charge >= 0.3 is 11.9 Å². The Labute approximate surface area is 149 Å². The van der Waals surface area contributed by atoms with Gasteiger partial charge in [0.2, 0.25) is 0 Å². The van der Waals surface area contributed by atoms with Crippen LogP contribution in [0.4, 0.5) is 0 Å². The number of thioether (sulfide) groups is 2. The monoisotopic (exact) mass is 364 g/mol. The first-order chi connectivity index (χ1) is 10.5. The quantitative estimate of drug-likeness (QED) is 0.438. The number of carbonyl (C=O) groups is 2. The van der Waals surface area contributed by atoms with E-state index in [1.54, 1.807) is 0 Å². The third-order valence-corrected chi connectivity index (χ3v) is 5.82. The highest BCUT2D eigenvalue weighted by Gasteiger charge is 2.22. The lowest BCUT2D eigenvalue weighted by atomic mass is 9.87. The maximum absolute atomic E-state index is 10.7. The molecule has 0 aliphatic carbocycles. The fraction of sp³-hybridized carbons (Fsp3) is 0.882. The van der Waals surface area contributed by atoms with Crippen LogP contribution in [-0.2, 0) is 9.59 Å². The lowest BCUT2D eigenvalue weighted by molar-refractivity contribution is -0.140. The zero-order chi connectivity index (χ0) is 17.9. The summed E-state index contributed by atoms with van der Waals surface area (Å²) >= 11 is 3.79. The molecule has 0 amide bonds. The fourth-order valence-corrected chi connectivity index (χ4v) is 4.84. The molecule has 136 valence electrons. The van der Waals surface area contributed by atoms with E-state index in [2.05, 4.69) is 0 Å². The second-order valence-corrected chi connectivity index (χ2v) is 10.00. The van der Waals surface area contributed by atoms with Crippen LogP contribution in [0.15, 0.2) is 0 Å². The maximum atomic E-state index is 10.7.